The smallest absolute Gasteiger partial charge is 0.224 e. The fraction of sp³-hybridized carbons (Fsp3) is 0.650. The first-order valence-electron chi connectivity index (χ1n) is 9.35. The third kappa shape index (κ3) is 3.03. The van der Waals surface area contributed by atoms with Crippen LogP contribution in [0.3, 0.4) is 0 Å². The number of carbonyl (C=O) groups is 1. The van der Waals surface area contributed by atoms with Crippen LogP contribution in [0.25, 0.3) is 0 Å². The van der Waals surface area contributed by atoms with Crippen molar-refractivity contribution in [1.29, 1.82) is 0 Å². The molecule has 2 unspecified atom stereocenters. The molecule has 124 valence electrons. The van der Waals surface area contributed by atoms with Gasteiger partial charge in [0.25, 0.3) is 0 Å². The van der Waals surface area contributed by atoms with Crippen molar-refractivity contribution in [3.63, 3.8) is 0 Å². The van der Waals surface area contributed by atoms with Crippen LogP contribution in [0.1, 0.15) is 56.6 Å². The van der Waals surface area contributed by atoms with Gasteiger partial charge >= 0.3 is 0 Å². The van der Waals surface area contributed by atoms with E-state index in [1.54, 1.807) is 0 Å². The summed E-state index contributed by atoms with van der Waals surface area (Å²) >= 11 is 0. The van der Waals surface area contributed by atoms with E-state index in [0.29, 0.717) is 17.2 Å². The molecule has 3 heteroatoms. The molecule has 2 aliphatic carbocycles. The van der Waals surface area contributed by atoms with Gasteiger partial charge in [0.05, 0.1) is 6.04 Å². The third-order valence-electron chi connectivity index (χ3n) is 6.43. The standard InChI is InChI=1S/C20H28N2O/c23-19(17-14-20(17)10-12-21-13-11-20)22-18(16-8-4-5-9-16)15-6-2-1-3-7-15/h1-3,6-7,16-18,21H,4-5,8-14H2,(H,22,23). The van der Waals surface area contributed by atoms with Crippen LogP contribution in [-0.4, -0.2) is 19.0 Å². The second-order valence-electron chi connectivity index (χ2n) is 7.81. The Morgan fingerprint density at radius 2 is 1.83 bits per heavy atom. The molecule has 3 aliphatic rings. The largest absolute Gasteiger partial charge is 0.349 e. The molecule has 1 amide bonds. The van der Waals surface area contributed by atoms with Gasteiger partial charge in [0.1, 0.15) is 0 Å². The minimum absolute atomic E-state index is 0.213. The van der Waals surface area contributed by atoms with Gasteiger partial charge in [-0.2, -0.15) is 0 Å². The Hall–Kier alpha value is -1.35. The van der Waals surface area contributed by atoms with Gasteiger partial charge in [0.2, 0.25) is 5.91 Å². The summed E-state index contributed by atoms with van der Waals surface area (Å²) in [6.45, 7) is 2.16. The van der Waals surface area contributed by atoms with Crippen molar-refractivity contribution in [2.45, 2.75) is 51.0 Å². The lowest BCUT2D eigenvalue weighted by molar-refractivity contribution is -0.124. The SMILES string of the molecule is O=C(NC(c1ccccc1)C1CCCC1)C1CC12CCNCC2. The summed E-state index contributed by atoms with van der Waals surface area (Å²) < 4.78 is 0. The predicted octanol–water partition coefficient (Wildman–Crippen LogP) is 3.42. The number of piperidine rings is 1. The molecule has 3 fully saturated rings. The molecular formula is C20H28N2O. The van der Waals surface area contributed by atoms with Gasteiger partial charge in [0.15, 0.2) is 0 Å². The van der Waals surface area contributed by atoms with Crippen molar-refractivity contribution in [3.05, 3.63) is 35.9 Å². The monoisotopic (exact) mass is 312 g/mol. The van der Waals surface area contributed by atoms with Gasteiger partial charge in [-0.3, -0.25) is 4.79 Å². The first kappa shape index (κ1) is 15.2. The lowest BCUT2D eigenvalue weighted by Gasteiger charge is -2.27. The second kappa shape index (κ2) is 6.27. The number of hydrogen-bond donors (Lipinski definition) is 2. The molecule has 0 bridgehead atoms. The molecule has 2 atom stereocenters. The molecule has 2 saturated carbocycles. The zero-order chi connectivity index (χ0) is 15.7. The van der Waals surface area contributed by atoms with Gasteiger partial charge in [-0.15, -0.1) is 0 Å². The zero-order valence-corrected chi connectivity index (χ0v) is 13.9. The van der Waals surface area contributed by atoms with Gasteiger partial charge in [0, 0.05) is 5.92 Å². The summed E-state index contributed by atoms with van der Waals surface area (Å²) in [6, 6.07) is 10.8. The van der Waals surface area contributed by atoms with Gasteiger partial charge in [-0.25, -0.2) is 0 Å². The Morgan fingerprint density at radius 3 is 2.52 bits per heavy atom. The molecule has 1 aromatic rings. The first-order valence-corrected chi connectivity index (χ1v) is 9.35. The maximum absolute atomic E-state index is 12.9. The van der Waals surface area contributed by atoms with E-state index in [9.17, 15) is 4.79 Å². The molecule has 2 N–H and O–H groups in total. The van der Waals surface area contributed by atoms with E-state index in [2.05, 4.69) is 41.0 Å². The lowest BCUT2D eigenvalue weighted by Crippen LogP contribution is -2.37. The highest BCUT2D eigenvalue weighted by atomic mass is 16.2. The molecule has 1 aromatic carbocycles. The second-order valence-corrected chi connectivity index (χ2v) is 7.81. The first-order chi connectivity index (χ1) is 11.3. The Bertz CT molecular complexity index is 544. The molecule has 3 nitrogen and oxygen atoms in total. The van der Waals surface area contributed by atoms with Crippen LogP contribution in [0.2, 0.25) is 0 Å². The maximum Gasteiger partial charge on any atom is 0.224 e. The molecule has 1 saturated heterocycles. The molecule has 23 heavy (non-hydrogen) atoms. The van der Waals surface area contributed by atoms with E-state index in [-0.39, 0.29) is 12.0 Å². The summed E-state index contributed by atoms with van der Waals surface area (Å²) in [6.07, 6.45) is 8.56. The molecule has 1 aliphatic heterocycles. The van der Waals surface area contributed by atoms with E-state index in [1.165, 1.54) is 44.1 Å². The Morgan fingerprint density at radius 1 is 1.13 bits per heavy atom. The molecule has 4 rings (SSSR count). The molecule has 1 heterocycles. The Balaban J connectivity index is 1.46. The fourth-order valence-corrected chi connectivity index (χ4v) is 4.87. The highest BCUT2D eigenvalue weighted by Crippen LogP contribution is 2.58. The number of hydrogen-bond acceptors (Lipinski definition) is 2. The van der Waals surface area contributed by atoms with Gasteiger partial charge < -0.3 is 10.6 Å². The van der Waals surface area contributed by atoms with Crippen molar-refractivity contribution in [2.24, 2.45) is 17.3 Å². The Kier molecular flexibility index (Phi) is 4.14. The maximum atomic E-state index is 12.9. The van der Waals surface area contributed by atoms with Crippen LogP contribution in [0.4, 0.5) is 0 Å². The van der Waals surface area contributed by atoms with Crippen molar-refractivity contribution in [2.75, 3.05) is 13.1 Å². The van der Waals surface area contributed by atoms with Crippen molar-refractivity contribution in [3.8, 4) is 0 Å². The predicted molar refractivity (Wildman–Crippen MR) is 91.9 cm³/mol. The van der Waals surface area contributed by atoms with Crippen LogP contribution in [0.5, 0.6) is 0 Å². The number of rotatable bonds is 4. The van der Waals surface area contributed by atoms with Gasteiger partial charge in [-0.1, -0.05) is 43.2 Å². The summed E-state index contributed by atoms with van der Waals surface area (Å²) in [5, 5.41) is 6.87. The van der Waals surface area contributed by atoms with E-state index < -0.39 is 0 Å². The topological polar surface area (TPSA) is 41.1 Å². The molecule has 0 radical (unpaired) electrons. The van der Waals surface area contributed by atoms with Gasteiger partial charge in [-0.05, 0) is 62.1 Å². The Labute approximate surface area is 139 Å². The summed E-state index contributed by atoms with van der Waals surface area (Å²) in [5.41, 5.74) is 1.61. The average molecular weight is 312 g/mol. The van der Waals surface area contributed by atoms with Crippen molar-refractivity contribution < 1.29 is 4.79 Å². The number of amides is 1. The molecule has 1 spiro atoms. The quantitative estimate of drug-likeness (QED) is 0.894. The van der Waals surface area contributed by atoms with E-state index in [4.69, 9.17) is 0 Å². The minimum Gasteiger partial charge on any atom is -0.349 e. The molecule has 0 aromatic heterocycles. The van der Waals surface area contributed by atoms with E-state index >= 15 is 0 Å². The van der Waals surface area contributed by atoms with E-state index in [1.807, 2.05) is 0 Å². The molecular weight excluding hydrogens is 284 g/mol. The zero-order valence-electron chi connectivity index (χ0n) is 13.9. The van der Waals surface area contributed by atoms with Crippen LogP contribution in [-0.2, 0) is 4.79 Å². The third-order valence-corrected chi connectivity index (χ3v) is 6.43. The van der Waals surface area contributed by atoms with Crippen LogP contribution >= 0.6 is 0 Å². The van der Waals surface area contributed by atoms with E-state index in [0.717, 1.165) is 19.5 Å². The summed E-state index contributed by atoms with van der Waals surface area (Å²) in [7, 11) is 0. The lowest BCUT2D eigenvalue weighted by atomic mass is 9.89. The van der Waals surface area contributed by atoms with Crippen LogP contribution in [0, 0.1) is 17.3 Å². The fourth-order valence-electron chi connectivity index (χ4n) is 4.87. The number of benzene rings is 1. The van der Waals surface area contributed by atoms with Crippen molar-refractivity contribution in [1.82, 2.24) is 10.6 Å². The number of carbonyl (C=O) groups excluding carboxylic acids is 1. The van der Waals surface area contributed by atoms with Crippen molar-refractivity contribution >= 4 is 5.91 Å². The normalized spacial score (nSPS) is 27.7. The average Bonchev–Trinajstić information content (AvgIpc) is 3.04. The minimum atomic E-state index is 0.213. The summed E-state index contributed by atoms with van der Waals surface area (Å²) in [5.74, 6) is 1.19. The highest BCUT2D eigenvalue weighted by molar-refractivity contribution is 5.83. The van der Waals surface area contributed by atoms with Crippen LogP contribution in [0.15, 0.2) is 30.3 Å². The summed E-state index contributed by atoms with van der Waals surface area (Å²) in [4.78, 5) is 12.9. The highest BCUT2D eigenvalue weighted by Gasteiger charge is 2.57. The van der Waals surface area contributed by atoms with Crippen LogP contribution < -0.4 is 10.6 Å². The number of nitrogens with one attached hydrogen (secondary N) is 2.